The average Bonchev–Trinajstić information content (AvgIpc) is 2.89. The largest absolute Gasteiger partial charge is 0.493 e. The van der Waals surface area contributed by atoms with E-state index in [0.29, 0.717) is 34.1 Å². The third-order valence-corrected chi connectivity index (χ3v) is 5.98. The Balaban J connectivity index is 1.99. The first-order valence-corrected chi connectivity index (χ1v) is 11.4. The van der Waals surface area contributed by atoms with Gasteiger partial charge in [-0.15, -0.1) is 0 Å². The highest BCUT2D eigenvalue weighted by Crippen LogP contribution is 2.40. The van der Waals surface area contributed by atoms with Crippen molar-refractivity contribution in [2.24, 2.45) is 5.73 Å². The summed E-state index contributed by atoms with van der Waals surface area (Å²) in [7, 11) is 2.88. The number of nitrogen functional groups attached to an aromatic ring is 1. The van der Waals surface area contributed by atoms with Crippen molar-refractivity contribution >= 4 is 35.0 Å². The molecule has 0 bridgehead atoms. The summed E-state index contributed by atoms with van der Waals surface area (Å²) in [6.45, 7) is 3.42. The van der Waals surface area contributed by atoms with Gasteiger partial charge in [-0.2, -0.15) is 0 Å². The summed E-state index contributed by atoms with van der Waals surface area (Å²) in [6, 6.07) is 15.9. The van der Waals surface area contributed by atoms with Crippen molar-refractivity contribution < 1.29 is 28.6 Å². The van der Waals surface area contributed by atoms with Crippen LogP contribution in [0.5, 0.6) is 11.5 Å². The fraction of sp³-hybridized carbons (Fsp3) is 0.222. The topological polar surface area (TPSA) is 155 Å². The number of nitrogens with one attached hydrogen (secondary N) is 2. The van der Waals surface area contributed by atoms with Crippen molar-refractivity contribution in [2.45, 2.75) is 19.3 Å². The first-order chi connectivity index (χ1) is 17.6. The number of hydrogen-bond acceptors (Lipinski definition) is 7. The van der Waals surface area contributed by atoms with Gasteiger partial charge in [0.1, 0.15) is 0 Å². The summed E-state index contributed by atoms with van der Waals surface area (Å²) in [5, 5.41) is 5.39. The van der Waals surface area contributed by atoms with E-state index in [1.54, 1.807) is 68.4 Å². The number of carbonyl (C=O) groups excluding carboxylic acids is 3. The maximum Gasteiger partial charge on any atom is 0.338 e. The molecule has 1 atom stereocenters. The maximum absolute atomic E-state index is 12.9. The van der Waals surface area contributed by atoms with E-state index in [0.717, 1.165) is 0 Å². The first kappa shape index (κ1) is 26.9. The molecule has 1 unspecified atom stereocenters. The molecule has 3 aromatic rings. The van der Waals surface area contributed by atoms with Crippen molar-refractivity contribution in [1.82, 2.24) is 0 Å². The van der Waals surface area contributed by atoms with E-state index in [-0.39, 0.29) is 17.7 Å². The average molecular weight is 507 g/mol. The standard InChI is InChI=1S/C27H30N4O6/c1-5-37-24(32)18-14-22(35-3)23(36-4)15-19(18)27(2,25(29)33)16-10-12-17(13-11-16)30-26(34)31-21-9-7-6-8-20(21)28/h6-15H,5,28H2,1-4H3,(H2,29,33)(H2,30,31,34). The van der Waals surface area contributed by atoms with Crippen LogP contribution in [0.25, 0.3) is 0 Å². The molecule has 3 aromatic carbocycles. The molecule has 0 radical (unpaired) electrons. The van der Waals surface area contributed by atoms with Gasteiger partial charge in [-0.25, -0.2) is 9.59 Å². The molecule has 0 saturated heterocycles. The molecule has 3 amide bonds. The fourth-order valence-electron chi connectivity index (χ4n) is 3.88. The monoisotopic (exact) mass is 506 g/mol. The summed E-state index contributed by atoms with van der Waals surface area (Å²) in [6.07, 6.45) is 0. The predicted octanol–water partition coefficient (Wildman–Crippen LogP) is 3.90. The van der Waals surface area contributed by atoms with Crippen LogP contribution in [0.3, 0.4) is 0 Å². The molecule has 0 aliphatic carbocycles. The van der Waals surface area contributed by atoms with Crippen molar-refractivity contribution in [3.63, 3.8) is 0 Å². The smallest absolute Gasteiger partial charge is 0.338 e. The lowest BCUT2D eigenvalue weighted by Crippen LogP contribution is -2.41. The molecule has 0 aliphatic rings. The van der Waals surface area contributed by atoms with Crippen LogP contribution in [0.1, 0.15) is 35.3 Å². The second-order valence-corrected chi connectivity index (χ2v) is 8.21. The van der Waals surface area contributed by atoms with E-state index in [1.165, 1.54) is 20.3 Å². The molecular formula is C27H30N4O6. The quantitative estimate of drug-likeness (QED) is 0.253. The van der Waals surface area contributed by atoms with E-state index >= 15 is 0 Å². The molecule has 3 rings (SSSR count). The van der Waals surface area contributed by atoms with Gasteiger partial charge in [0, 0.05) is 5.69 Å². The predicted molar refractivity (Wildman–Crippen MR) is 141 cm³/mol. The van der Waals surface area contributed by atoms with Gasteiger partial charge in [0.2, 0.25) is 5.91 Å². The van der Waals surface area contributed by atoms with Crippen LogP contribution in [0.2, 0.25) is 0 Å². The molecule has 194 valence electrons. The number of methoxy groups -OCH3 is 2. The number of carbonyl (C=O) groups is 3. The number of rotatable bonds is 9. The lowest BCUT2D eigenvalue weighted by molar-refractivity contribution is -0.121. The van der Waals surface area contributed by atoms with Gasteiger partial charge in [0.15, 0.2) is 11.5 Å². The van der Waals surface area contributed by atoms with E-state index in [4.69, 9.17) is 25.7 Å². The Morgan fingerprint density at radius 1 is 0.919 bits per heavy atom. The van der Waals surface area contributed by atoms with Crippen LogP contribution in [-0.2, 0) is 14.9 Å². The molecule has 37 heavy (non-hydrogen) atoms. The number of amides is 3. The number of hydrogen-bond donors (Lipinski definition) is 4. The van der Waals surface area contributed by atoms with E-state index in [9.17, 15) is 14.4 Å². The van der Waals surface area contributed by atoms with E-state index in [2.05, 4.69) is 10.6 Å². The third-order valence-electron chi connectivity index (χ3n) is 5.98. The molecule has 0 aliphatic heterocycles. The lowest BCUT2D eigenvalue weighted by atomic mass is 9.73. The normalized spacial score (nSPS) is 12.1. The van der Waals surface area contributed by atoms with Gasteiger partial charge in [0.05, 0.1) is 43.2 Å². The van der Waals surface area contributed by atoms with Crippen LogP contribution in [0, 0.1) is 0 Å². The number of anilines is 3. The van der Waals surface area contributed by atoms with Crippen molar-refractivity contribution in [2.75, 3.05) is 37.2 Å². The van der Waals surface area contributed by atoms with Gasteiger partial charge >= 0.3 is 12.0 Å². The zero-order valence-corrected chi connectivity index (χ0v) is 21.1. The summed E-state index contributed by atoms with van der Waals surface area (Å²) in [4.78, 5) is 38.2. The van der Waals surface area contributed by atoms with Gasteiger partial charge in [-0.1, -0.05) is 24.3 Å². The third kappa shape index (κ3) is 5.58. The van der Waals surface area contributed by atoms with Gasteiger partial charge in [-0.3, -0.25) is 4.79 Å². The van der Waals surface area contributed by atoms with Crippen LogP contribution in [0.4, 0.5) is 21.9 Å². The van der Waals surface area contributed by atoms with Gasteiger partial charge in [0.25, 0.3) is 0 Å². The summed E-state index contributed by atoms with van der Waals surface area (Å²) >= 11 is 0. The van der Waals surface area contributed by atoms with Gasteiger partial charge in [-0.05, 0) is 61.4 Å². The SMILES string of the molecule is CCOC(=O)c1cc(OC)c(OC)cc1C(C)(C(N)=O)c1ccc(NC(=O)Nc2ccccc2N)cc1. The highest BCUT2D eigenvalue weighted by atomic mass is 16.5. The molecule has 0 heterocycles. The van der Waals surface area contributed by atoms with E-state index in [1.807, 2.05) is 0 Å². The lowest BCUT2D eigenvalue weighted by Gasteiger charge is -2.30. The number of para-hydroxylation sites is 2. The minimum absolute atomic E-state index is 0.114. The summed E-state index contributed by atoms with van der Waals surface area (Å²) in [5.74, 6) is -0.733. The summed E-state index contributed by atoms with van der Waals surface area (Å²) in [5.41, 5.74) is 12.6. The zero-order valence-electron chi connectivity index (χ0n) is 21.1. The molecular weight excluding hydrogens is 476 g/mol. The molecule has 10 nitrogen and oxygen atoms in total. The van der Waals surface area contributed by atoms with Crippen LogP contribution < -0.4 is 31.6 Å². The molecule has 0 saturated carbocycles. The number of esters is 1. The Morgan fingerprint density at radius 3 is 2.11 bits per heavy atom. The second kappa shape index (κ2) is 11.3. The van der Waals surface area contributed by atoms with Crippen molar-refractivity contribution in [3.05, 3.63) is 77.4 Å². The number of benzene rings is 3. The van der Waals surface area contributed by atoms with E-state index < -0.39 is 23.3 Å². The molecule has 10 heteroatoms. The molecule has 0 fully saturated rings. The Morgan fingerprint density at radius 2 is 1.54 bits per heavy atom. The number of primary amides is 1. The van der Waals surface area contributed by atoms with Crippen molar-refractivity contribution in [3.8, 4) is 11.5 Å². The first-order valence-electron chi connectivity index (χ1n) is 11.4. The van der Waals surface area contributed by atoms with Gasteiger partial charge < -0.3 is 36.3 Å². The minimum Gasteiger partial charge on any atom is -0.493 e. The van der Waals surface area contributed by atoms with Crippen LogP contribution in [-0.4, -0.2) is 38.7 Å². The fourth-order valence-corrected chi connectivity index (χ4v) is 3.88. The highest BCUT2D eigenvalue weighted by molar-refractivity contribution is 6.02. The maximum atomic E-state index is 12.9. The number of nitrogens with two attached hydrogens (primary N) is 2. The number of urea groups is 1. The van der Waals surface area contributed by atoms with Crippen LogP contribution >= 0.6 is 0 Å². The Bertz CT molecular complexity index is 1310. The Labute approximate surface area is 214 Å². The minimum atomic E-state index is -1.46. The molecule has 6 N–H and O–H groups in total. The molecule has 0 aromatic heterocycles. The highest BCUT2D eigenvalue weighted by Gasteiger charge is 2.40. The van der Waals surface area contributed by atoms with Crippen molar-refractivity contribution in [1.29, 1.82) is 0 Å². The molecule has 0 spiro atoms. The second-order valence-electron chi connectivity index (χ2n) is 8.21. The Hall–Kier alpha value is -4.73. The number of ether oxygens (including phenoxy) is 3. The Kier molecular flexibility index (Phi) is 8.23. The zero-order chi connectivity index (χ0) is 27.2. The summed E-state index contributed by atoms with van der Waals surface area (Å²) < 4.78 is 16.0. The van der Waals surface area contributed by atoms with Crippen LogP contribution in [0.15, 0.2) is 60.7 Å².